The highest BCUT2D eigenvalue weighted by atomic mass is 15.1. The smallest absolute Gasteiger partial charge is 0.0393 e. The summed E-state index contributed by atoms with van der Waals surface area (Å²) in [6.45, 7) is 5.57. The van der Waals surface area contributed by atoms with Crippen molar-refractivity contribution in [1.29, 1.82) is 0 Å². The molecule has 1 saturated carbocycles. The lowest BCUT2D eigenvalue weighted by molar-refractivity contribution is 0.321. The number of hydrogen-bond acceptors (Lipinski definition) is 2. The number of anilines is 1. The van der Waals surface area contributed by atoms with Crippen LogP contribution >= 0.6 is 0 Å². The molecule has 1 atom stereocenters. The summed E-state index contributed by atoms with van der Waals surface area (Å²) >= 11 is 0. The van der Waals surface area contributed by atoms with Gasteiger partial charge in [0.1, 0.15) is 0 Å². The highest BCUT2D eigenvalue weighted by molar-refractivity contribution is 5.54. The van der Waals surface area contributed by atoms with Crippen LogP contribution in [0.15, 0.2) is 18.2 Å². The number of nitrogens with two attached hydrogens (primary N) is 1. The van der Waals surface area contributed by atoms with Crippen LogP contribution in [0.2, 0.25) is 0 Å². The predicted molar refractivity (Wildman–Crippen MR) is 83.8 cm³/mol. The lowest BCUT2D eigenvalue weighted by Gasteiger charge is -2.32. The molecule has 0 saturated heterocycles. The Kier molecular flexibility index (Phi) is 4.87. The van der Waals surface area contributed by atoms with Gasteiger partial charge < -0.3 is 10.6 Å². The minimum Gasteiger partial charge on any atom is -0.374 e. The summed E-state index contributed by atoms with van der Waals surface area (Å²) in [4.78, 5) is 2.42. The van der Waals surface area contributed by atoms with E-state index in [1.807, 2.05) is 0 Å². The summed E-state index contributed by atoms with van der Waals surface area (Å²) in [5.74, 6) is 0.914. The third-order valence-corrected chi connectivity index (χ3v) is 4.45. The molecule has 2 N–H and O–H groups in total. The molecule has 0 amide bonds. The molecule has 1 fully saturated rings. The van der Waals surface area contributed by atoms with E-state index in [0.29, 0.717) is 0 Å². The van der Waals surface area contributed by atoms with Crippen molar-refractivity contribution in [2.24, 2.45) is 11.7 Å². The molecule has 1 aromatic rings. The van der Waals surface area contributed by atoms with Crippen molar-refractivity contribution < 1.29 is 0 Å². The molecule has 19 heavy (non-hydrogen) atoms. The van der Waals surface area contributed by atoms with Gasteiger partial charge in [0.15, 0.2) is 0 Å². The lowest BCUT2D eigenvalue weighted by Crippen LogP contribution is -2.29. The van der Waals surface area contributed by atoms with E-state index < -0.39 is 0 Å². The largest absolute Gasteiger partial charge is 0.374 e. The van der Waals surface area contributed by atoms with Crippen LogP contribution in [-0.2, 0) is 6.42 Å². The molecule has 0 aromatic heterocycles. The van der Waals surface area contributed by atoms with Crippen LogP contribution in [-0.4, -0.2) is 19.6 Å². The summed E-state index contributed by atoms with van der Waals surface area (Å²) < 4.78 is 0. The monoisotopic (exact) mass is 260 g/mol. The Morgan fingerprint density at radius 1 is 1.37 bits per heavy atom. The van der Waals surface area contributed by atoms with Gasteiger partial charge in [0.25, 0.3) is 0 Å². The topological polar surface area (TPSA) is 29.3 Å². The SMILES string of the molecule is CCC(N)Cc1ccc(N(C)CC2CCC2)c(C)c1. The van der Waals surface area contributed by atoms with Crippen LogP contribution in [0.4, 0.5) is 5.69 Å². The van der Waals surface area contributed by atoms with Crippen LogP contribution < -0.4 is 10.6 Å². The molecule has 0 spiro atoms. The van der Waals surface area contributed by atoms with E-state index in [0.717, 1.165) is 18.8 Å². The Bertz CT molecular complexity index is 410. The van der Waals surface area contributed by atoms with E-state index in [1.54, 1.807) is 0 Å². The second kappa shape index (κ2) is 6.42. The van der Waals surface area contributed by atoms with Gasteiger partial charge in [-0.2, -0.15) is 0 Å². The second-order valence-corrected chi connectivity index (χ2v) is 6.17. The fraction of sp³-hybridized carbons (Fsp3) is 0.647. The summed E-state index contributed by atoms with van der Waals surface area (Å²) in [7, 11) is 2.22. The molecular formula is C17H28N2. The van der Waals surface area contributed by atoms with Gasteiger partial charge in [0.2, 0.25) is 0 Å². The highest BCUT2D eigenvalue weighted by Crippen LogP contribution is 2.29. The van der Waals surface area contributed by atoms with Crippen LogP contribution in [0.1, 0.15) is 43.7 Å². The molecule has 0 aliphatic heterocycles. The van der Waals surface area contributed by atoms with Crippen LogP contribution in [0.3, 0.4) is 0 Å². The van der Waals surface area contributed by atoms with Gasteiger partial charge in [-0.25, -0.2) is 0 Å². The fourth-order valence-electron chi connectivity index (χ4n) is 2.88. The molecule has 1 aromatic carbocycles. The molecule has 2 heteroatoms. The number of nitrogens with zero attached hydrogens (tertiary/aromatic N) is 1. The molecule has 0 radical (unpaired) electrons. The fourth-order valence-corrected chi connectivity index (χ4v) is 2.88. The Hall–Kier alpha value is -1.02. The van der Waals surface area contributed by atoms with E-state index >= 15 is 0 Å². The standard InChI is InChI=1S/C17H28N2/c1-4-16(18)11-15-8-9-17(13(2)10-15)19(3)12-14-6-5-7-14/h8-10,14,16H,4-7,11-12,18H2,1-3H3. The first-order valence-electron chi connectivity index (χ1n) is 7.66. The Labute approximate surface area is 118 Å². The third-order valence-electron chi connectivity index (χ3n) is 4.45. The number of hydrogen-bond donors (Lipinski definition) is 1. The van der Waals surface area contributed by atoms with Gasteiger partial charge in [-0.3, -0.25) is 0 Å². The van der Waals surface area contributed by atoms with Crippen molar-refractivity contribution in [3.63, 3.8) is 0 Å². The van der Waals surface area contributed by atoms with Crippen molar-refractivity contribution in [2.75, 3.05) is 18.5 Å². The molecule has 1 unspecified atom stereocenters. The maximum Gasteiger partial charge on any atom is 0.0393 e. The van der Waals surface area contributed by atoms with E-state index in [-0.39, 0.29) is 6.04 Å². The molecule has 0 bridgehead atoms. The Morgan fingerprint density at radius 3 is 2.63 bits per heavy atom. The highest BCUT2D eigenvalue weighted by Gasteiger charge is 2.19. The molecule has 0 heterocycles. The van der Waals surface area contributed by atoms with E-state index in [9.17, 15) is 0 Å². The Balaban J connectivity index is 2.01. The van der Waals surface area contributed by atoms with Crippen molar-refractivity contribution in [3.8, 4) is 0 Å². The summed E-state index contributed by atoms with van der Waals surface area (Å²) in [6.07, 6.45) is 6.28. The maximum absolute atomic E-state index is 6.03. The number of benzene rings is 1. The molecular weight excluding hydrogens is 232 g/mol. The quantitative estimate of drug-likeness (QED) is 0.848. The van der Waals surface area contributed by atoms with E-state index in [2.05, 4.69) is 44.0 Å². The summed E-state index contributed by atoms with van der Waals surface area (Å²) in [6, 6.07) is 7.11. The third kappa shape index (κ3) is 3.73. The molecule has 1 aliphatic carbocycles. The normalized spacial score (nSPS) is 17.1. The first kappa shape index (κ1) is 14.4. The van der Waals surface area contributed by atoms with Crippen LogP contribution in [0, 0.1) is 12.8 Å². The van der Waals surface area contributed by atoms with Gasteiger partial charge in [-0.1, -0.05) is 25.5 Å². The number of aryl methyl sites for hydroxylation is 1. The van der Waals surface area contributed by atoms with Crippen LogP contribution in [0.5, 0.6) is 0 Å². The summed E-state index contributed by atoms with van der Waals surface area (Å²) in [5.41, 5.74) is 10.2. The van der Waals surface area contributed by atoms with Gasteiger partial charge >= 0.3 is 0 Å². The zero-order valence-corrected chi connectivity index (χ0v) is 12.7. The molecule has 106 valence electrons. The van der Waals surface area contributed by atoms with Crippen molar-refractivity contribution in [3.05, 3.63) is 29.3 Å². The van der Waals surface area contributed by atoms with E-state index in [1.165, 1.54) is 42.6 Å². The molecule has 2 nitrogen and oxygen atoms in total. The average molecular weight is 260 g/mol. The summed E-state index contributed by atoms with van der Waals surface area (Å²) in [5, 5.41) is 0. The maximum atomic E-state index is 6.03. The van der Waals surface area contributed by atoms with Crippen LogP contribution in [0.25, 0.3) is 0 Å². The lowest BCUT2D eigenvalue weighted by atomic mass is 9.85. The van der Waals surface area contributed by atoms with Gasteiger partial charge in [-0.15, -0.1) is 0 Å². The number of rotatable bonds is 6. The molecule has 1 aliphatic rings. The van der Waals surface area contributed by atoms with E-state index in [4.69, 9.17) is 5.73 Å². The zero-order valence-electron chi connectivity index (χ0n) is 12.7. The van der Waals surface area contributed by atoms with Crippen molar-refractivity contribution in [2.45, 2.75) is 52.0 Å². The van der Waals surface area contributed by atoms with Gasteiger partial charge in [-0.05, 0) is 55.7 Å². The second-order valence-electron chi connectivity index (χ2n) is 6.17. The predicted octanol–water partition coefficient (Wildman–Crippen LogP) is 3.51. The minimum absolute atomic E-state index is 0.290. The first-order valence-corrected chi connectivity index (χ1v) is 7.66. The Morgan fingerprint density at radius 2 is 2.11 bits per heavy atom. The minimum atomic E-state index is 0.290. The van der Waals surface area contributed by atoms with Crippen molar-refractivity contribution in [1.82, 2.24) is 0 Å². The van der Waals surface area contributed by atoms with Gasteiger partial charge in [0.05, 0.1) is 0 Å². The van der Waals surface area contributed by atoms with Gasteiger partial charge in [0, 0.05) is 25.3 Å². The average Bonchev–Trinajstić information content (AvgIpc) is 2.33. The molecule has 2 rings (SSSR count). The zero-order chi connectivity index (χ0) is 13.8. The van der Waals surface area contributed by atoms with Crippen molar-refractivity contribution >= 4 is 5.69 Å². The first-order chi connectivity index (χ1) is 9.10.